The van der Waals surface area contributed by atoms with Crippen LogP contribution < -0.4 is 0 Å². The lowest BCUT2D eigenvalue weighted by molar-refractivity contribution is -0.139. The normalized spacial score (nSPS) is 16.1. The summed E-state index contributed by atoms with van der Waals surface area (Å²) >= 11 is 6.11. The Hall–Kier alpha value is -2.11. The van der Waals surface area contributed by atoms with E-state index in [9.17, 15) is 13.2 Å². The number of carbonyl (C=O) groups excluding carboxylic acids is 1. The van der Waals surface area contributed by atoms with E-state index < -0.39 is 21.2 Å². The highest BCUT2D eigenvalue weighted by molar-refractivity contribution is 7.90. The van der Waals surface area contributed by atoms with Gasteiger partial charge in [-0.3, -0.25) is 0 Å². The summed E-state index contributed by atoms with van der Waals surface area (Å²) in [6, 6.07) is 13.6. The first-order chi connectivity index (χ1) is 13.1. The summed E-state index contributed by atoms with van der Waals surface area (Å²) in [6.07, 6.45) is 1.17. The van der Waals surface area contributed by atoms with Gasteiger partial charge in [0.15, 0.2) is 9.84 Å². The molecule has 0 aliphatic carbocycles. The highest BCUT2D eigenvalue weighted by Crippen LogP contribution is 2.44. The van der Waals surface area contributed by atoms with Crippen molar-refractivity contribution in [2.75, 3.05) is 12.9 Å². The molecule has 0 saturated heterocycles. The van der Waals surface area contributed by atoms with Crippen molar-refractivity contribution in [1.29, 1.82) is 0 Å². The van der Waals surface area contributed by atoms with E-state index in [2.05, 4.69) is 0 Å². The molecule has 0 amide bonds. The first kappa shape index (κ1) is 22.2. The van der Waals surface area contributed by atoms with Crippen LogP contribution in [0.4, 0.5) is 0 Å². The third-order valence-corrected chi connectivity index (χ3v) is 5.74. The van der Waals surface area contributed by atoms with Crippen LogP contribution in [0.15, 0.2) is 53.4 Å². The van der Waals surface area contributed by atoms with Crippen molar-refractivity contribution in [3.63, 3.8) is 0 Å². The molecule has 4 nitrogen and oxygen atoms in total. The Kier molecular flexibility index (Phi) is 6.73. The molecule has 28 heavy (non-hydrogen) atoms. The third kappa shape index (κ3) is 4.65. The molecule has 1 heterocycles. The molecule has 0 spiro atoms. The summed E-state index contributed by atoms with van der Waals surface area (Å²) in [6.45, 7) is 8.23. The number of rotatable bonds is 3. The highest BCUT2D eigenvalue weighted by Gasteiger charge is 2.37. The summed E-state index contributed by atoms with van der Waals surface area (Å²) in [5.74, 6) is -0.409. The number of esters is 1. The molecule has 0 atom stereocenters. The Morgan fingerprint density at radius 1 is 1.00 bits per heavy atom. The second kappa shape index (κ2) is 8.50. The molecule has 6 heteroatoms. The summed E-state index contributed by atoms with van der Waals surface area (Å²) < 4.78 is 28.8. The first-order valence-electron chi connectivity index (χ1n) is 9.08. The number of halogens is 1. The fourth-order valence-corrected chi connectivity index (χ4v) is 3.96. The quantitative estimate of drug-likeness (QED) is 0.635. The molecule has 0 N–H and O–H groups in total. The fourth-order valence-electron chi connectivity index (χ4n) is 3.14. The molecule has 2 aromatic rings. The van der Waals surface area contributed by atoms with Crippen molar-refractivity contribution in [2.24, 2.45) is 5.41 Å². The van der Waals surface area contributed by atoms with Gasteiger partial charge in [0.1, 0.15) is 6.61 Å². The minimum atomic E-state index is -3.29. The largest absolute Gasteiger partial charge is 0.461 e. The molecule has 0 aromatic heterocycles. The molecule has 0 bridgehead atoms. The van der Waals surface area contributed by atoms with Crippen molar-refractivity contribution < 1.29 is 17.9 Å². The topological polar surface area (TPSA) is 60.4 Å². The van der Waals surface area contributed by atoms with E-state index in [-0.39, 0.29) is 11.5 Å². The number of cyclic esters (lactones) is 1. The van der Waals surface area contributed by atoms with Crippen LogP contribution in [0, 0.1) is 5.41 Å². The Bertz CT molecular complexity index is 1000. The van der Waals surface area contributed by atoms with Gasteiger partial charge in [0.25, 0.3) is 0 Å². The second-order valence-electron chi connectivity index (χ2n) is 7.02. The Morgan fingerprint density at radius 3 is 2.14 bits per heavy atom. The molecule has 2 aromatic carbocycles. The van der Waals surface area contributed by atoms with Crippen molar-refractivity contribution in [3.8, 4) is 0 Å². The van der Waals surface area contributed by atoms with E-state index in [0.29, 0.717) is 16.2 Å². The molecule has 0 saturated carbocycles. The minimum Gasteiger partial charge on any atom is -0.461 e. The Balaban J connectivity index is 0.00000136. The Labute approximate surface area is 172 Å². The van der Waals surface area contributed by atoms with Gasteiger partial charge in [0.2, 0.25) is 0 Å². The second-order valence-corrected chi connectivity index (χ2v) is 9.47. The van der Waals surface area contributed by atoms with E-state index >= 15 is 0 Å². The number of sulfone groups is 1. The van der Waals surface area contributed by atoms with Gasteiger partial charge in [-0.15, -0.1) is 0 Å². The van der Waals surface area contributed by atoms with E-state index in [1.165, 1.54) is 6.26 Å². The summed E-state index contributed by atoms with van der Waals surface area (Å²) in [5, 5.41) is 0.526. The molecule has 1 aliphatic heterocycles. The molecule has 0 fully saturated rings. The van der Waals surface area contributed by atoms with Crippen LogP contribution in [0.5, 0.6) is 0 Å². The maximum atomic E-state index is 12.6. The molecule has 150 valence electrons. The van der Waals surface area contributed by atoms with Crippen LogP contribution in [-0.2, 0) is 19.4 Å². The van der Waals surface area contributed by atoms with E-state index in [1.54, 1.807) is 42.5 Å². The van der Waals surface area contributed by atoms with Crippen molar-refractivity contribution in [3.05, 3.63) is 64.7 Å². The lowest BCUT2D eigenvalue weighted by atomic mass is 9.75. The van der Waals surface area contributed by atoms with Crippen molar-refractivity contribution >= 4 is 38.6 Å². The average molecular weight is 421 g/mol. The molecular weight excluding hydrogens is 396 g/mol. The van der Waals surface area contributed by atoms with Gasteiger partial charge in [0.05, 0.1) is 10.5 Å². The van der Waals surface area contributed by atoms with E-state index in [1.807, 2.05) is 33.8 Å². The Morgan fingerprint density at radius 2 is 1.61 bits per heavy atom. The summed E-state index contributed by atoms with van der Waals surface area (Å²) in [5.41, 5.74) is 2.30. The number of benzene rings is 2. The smallest absolute Gasteiger partial charge is 0.339 e. The van der Waals surface area contributed by atoms with Crippen molar-refractivity contribution in [1.82, 2.24) is 0 Å². The van der Waals surface area contributed by atoms with Gasteiger partial charge in [-0.2, -0.15) is 0 Å². The van der Waals surface area contributed by atoms with Gasteiger partial charge in [-0.05, 0) is 41.0 Å². The van der Waals surface area contributed by atoms with Crippen LogP contribution in [0.1, 0.15) is 38.8 Å². The summed E-state index contributed by atoms with van der Waals surface area (Å²) in [4.78, 5) is 12.8. The highest BCUT2D eigenvalue weighted by atomic mass is 35.5. The van der Waals surface area contributed by atoms with Crippen molar-refractivity contribution in [2.45, 2.75) is 32.6 Å². The van der Waals surface area contributed by atoms with E-state index in [4.69, 9.17) is 16.3 Å². The first-order valence-corrected chi connectivity index (χ1v) is 11.3. The van der Waals surface area contributed by atoms with Gasteiger partial charge in [-0.25, -0.2) is 13.2 Å². The summed E-state index contributed by atoms with van der Waals surface area (Å²) in [7, 11) is -3.29. The molecule has 3 rings (SSSR count). The zero-order chi connectivity index (χ0) is 21.1. The van der Waals surface area contributed by atoms with Gasteiger partial charge in [0, 0.05) is 16.7 Å². The fraction of sp³-hybridized carbons (Fsp3) is 0.318. The zero-order valence-corrected chi connectivity index (χ0v) is 18.3. The zero-order valence-electron chi connectivity index (χ0n) is 16.7. The van der Waals surface area contributed by atoms with Crippen LogP contribution >= 0.6 is 11.6 Å². The number of hydrogen-bond acceptors (Lipinski definition) is 4. The molecule has 0 radical (unpaired) electrons. The standard InChI is InChI=1S/C20H19ClO4S.C2H6/c1-20(2)12-25-19(22)17(14-5-4-6-15(21)11-14)18(20)13-7-9-16(10-8-13)26(3,23)24;1-2/h4-11H,12H2,1-3H3;1-2H3. The molecule has 1 aliphatic rings. The lowest BCUT2D eigenvalue weighted by Crippen LogP contribution is -2.31. The number of ether oxygens (including phenoxy) is 1. The number of carbonyl (C=O) groups is 1. The molecular formula is C22H25ClO4S. The predicted octanol–water partition coefficient (Wildman–Crippen LogP) is 5.26. The predicted molar refractivity (Wildman–Crippen MR) is 114 cm³/mol. The monoisotopic (exact) mass is 420 g/mol. The van der Waals surface area contributed by atoms with Gasteiger partial charge in [-0.1, -0.05) is 63.6 Å². The molecule has 0 unspecified atom stereocenters. The van der Waals surface area contributed by atoms with E-state index in [0.717, 1.165) is 11.1 Å². The van der Waals surface area contributed by atoms with Crippen LogP contribution in [-0.4, -0.2) is 27.2 Å². The maximum absolute atomic E-state index is 12.6. The van der Waals surface area contributed by atoms with Crippen LogP contribution in [0.3, 0.4) is 0 Å². The van der Waals surface area contributed by atoms with Gasteiger partial charge >= 0.3 is 5.97 Å². The number of hydrogen-bond donors (Lipinski definition) is 0. The average Bonchev–Trinajstić information content (AvgIpc) is 2.64. The maximum Gasteiger partial charge on any atom is 0.339 e. The van der Waals surface area contributed by atoms with Crippen LogP contribution in [0.25, 0.3) is 11.1 Å². The third-order valence-electron chi connectivity index (χ3n) is 4.38. The SMILES string of the molecule is CC.CC1(C)COC(=O)C(c2cccc(Cl)c2)=C1c1ccc(S(C)(=O)=O)cc1. The lowest BCUT2D eigenvalue weighted by Gasteiger charge is -2.34. The van der Waals surface area contributed by atoms with Crippen LogP contribution in [0.2, 0.25) is 5.02 Å². The minimum absolute atomic E-state index is 0.238. The van der Waals surface area contributed by atoms with Gasteiger partial charge < -0.3 is 4.74 Å².